The highest BCUT2D eigenvalue weighted by molar-refractivity contribution is 7.14. The third-order valence-electron chi connectivity index (χ3n) is 4.88. The van der Waals surface area contributed by atoms with Gasteiger partial charge in [0, 0.05) is 23.8 Å². The summed E-state index contributed by atoms with van der Waals surface area (Å²) in [4.78, 5) is 8.23. The Morgan fingerprint density at radius 3 is 2.63 bits per heavy atom. The van der Waals surface area contributed by atoms with Crippen LogP contribution in [0.25, 0.3) is 10.7 Å². The molecule has 1 saturated heterocycles. The van der Waals surface area contributed by atoms with Gasteiger partial charge < -0.3 is 25.2 Å². The summed E-state index contributed by atoms with van der Waals surface area (Å²) in [5.74, 6) is 0. The maximum absolute atomic E-state index is 10.4. The van der Waals surface area contributed by atoms with E-state index in [1.807, 2.05) is 0 Å². The van der Waals surface area contributed by atoms with Crippen molar-refractivity contribution in [2.75, 3.05) is 6.61 Å². The molecule has 1 aromatic carbocycles. The Kier molecular flexibility index (Phi) is 6.34. The molecule has 158 valence electrons. The van der Waals surface area contributed by atoms with Gasteiger partial charge in [-0.1, -0.05) is 35.1 Å². The Balaban J connectivity index is 1.57. The first-order valence-corrected chi connectivity index (χ1v) is 10.3. The van der Waals surface area contributed by atoms with Crippen molar-refractivity contribution >= 4 is 22.9 Å². The summed E-state index contributed by atoms with van der Waals surface area (Å²) >= 11 is 7.72. The highest BCUT2D eigenvalue weighted by Gasteiger charge is 2.44. The Hall–Kier alpha value is -2.05. The molecule has 9 nitrogen and oxygen atoms in total. The number of hydrogen-bond acceptors (Lipinski definition) is 10. The maximum Gasteiger partial charge on any atom is 0.167 e. The van der Waals surface area contributed by atoms with Crippen LogP contribution in [0.5, 0.6) is 0 Å². The van der Waals surface area contributed by atoms with Gasteiger partial charge in [0.05, 0.1) is 12.8 Å². The zero-order valence-electron chi connectivity index (χ0n) is 15.5. The van der Waals surface area contributed by atoms with Gasteiger partial charge in [-0.15, -0.1) is 10.2 Å². The minimum absolute atomic E-state index is 0.391. The zero-order chi connectivity index (χ0) is 21.3. The first-order valence-electron chi connectivity index (χ1n) is 9.15. The molecular formula is C19H19ClN4O5S. The molecule has 4 rings (SSSR count). The molecule has 30 heavy (non-hydrogen) atoms. The summed E-state index contributed by atoms with van der Waals surface area (Å²) in [6.07, 6.45) is -0.967. The number of aliphatic hydroxyl groups is 4. The van der Waals surface area contributed by atoms with E-state index in [9.17, 15) is 20.4 Å². The van der Waals surface area contributed by atoms with E-state index >= 15 is 0 Å². The molecule has 0 radical (unpaired) electrons. The summed E-state index contributed by atoms with van der Waals surface area (Å²) in [7, 11) is 0. The molecular weight excluding hydrogens is 432 g/mol. The van der Waals surface area contributed by atoms with Crippen molar-refractivity contribution in [2.45, 2.75) is 36.9 Å². The molecule has 0 saturated carbocycles. The monoisotopic (exact) mass is 450 g/mol. The van der Waals surface area contributed by atoms with Gasteiger partial charge in [0.2, 0.25) is 0 Å². The second-order valence-electron chi connectivity index (χ2n) is 6.87. The van der Waals surface area contributed by atoms with E-state index in [4.69, 9.17) is 16.3 Å². The molecule has 1 fully saturated rings. The summed E-state index contributed by atoms with van der Waals surface area (Å²) in [6, 6.07) is 5.08. The Morgan fingerprint density at radius 2 is 1.90 bits per heavy atom. The van der Waals surface area contributed by atoms with Gasteiger partial charge >= 0.3 is 0 Å². The summed E-state index contributed by atoms with van der Waals surface area (Å²) in [5, 5.41) is 50.0. The van der Waals surface area contributed by atoms with Gasteiger partial charge in [0.1, 0.15) is 41.2 Å². The molecule has 3 heterocycles. The third kappa shape index (κ3) is 4.21. The standard InChI is InChI=1S/C19H19ClN4O5S/c20-11-2-1-9(18-17(28)16(27)15(26)13(8-25)29-18)5-10(11)6-14-23-24-19(30-14)12-7-21-3-4-22-12/h1-5,7,13,15-18,25-28H,6,8H2/t13-,15-,16+,17-,18+/m1/s1. The smallest absolute Gasteiger partial charge is 0.167 e. The first-order chi connectivity index (χ1) is 14.5. The van der Waals surface area contributed by atoms with Crippen LogP contribution in [0.4, 0.5) is 0 Å². The minimum atomic E-state index is -1.45. The quantitative estimate of drug-likeness (QED) is 0.443. The molecule has 4 N–H and O–H groups in total. The summed E-state index contributed by atoms with van der Waals surface area (Å²) in [5.41, 5.74) is 1.92. The zero-order valence-corrected chi connectivity index (χ0v) is 17.1. The third-order valence-corrected chi connectivity index (χ3v) is 6.20. The maximum atomic E-state index is 10.4. The van der Waals surface area contributed by atoms with Gasteiger partial charge in [-0.3, -0.25) is 9.97 Å². The molecule has 0 aliphatic carbocycles. The highest BCUT2D eigenvalue weighted by atomic mass is 35.5. The molecule has 0 unspecified atom stereocenters. The van der Waals surface area contributed by atoms with Gasteiger partial charge in [-0.25, -0.2) is 0 Å². The molecule has 1 aliphatic heterocycles. The number of aliphatic hydroxyl groups excluding tert-OH is 4. The van der Waals surface area contributed by atoms with Crippen molar-refractivity contribution in [2.24, 2.45) is 0 Å². The van der Waals surface area contributed by atoms with Crippen LogP contribution in [-0.2, 0) is 11.2 Å². The second kappa shape index (κ2) is 8.98. The molecule has 0 amide bonds. The van der Waals surface area contributed by atoms with E-state index in [2.05, 4.69) is 20.2 Å². The fourth-order valence-corrected chi connectivity index (χ4v) is 4.29. The topological polar surface area (TPSA) is 142 Å². The van der Waals surface area contributed by atoms with Crippen molar-refractivity contribution in [3.63, 3.8) is 0 Å². The lowest BCUT2D eigenvalue weighted by Gasteiger charge is -2.40. The number of ether oxygens (including phenoxy) is 1. The van der Waals surface area contributed by atoms with Gasteiger partial charge in [-0.05, 0) is 17.2 Å². The van der Waals surface area contributed by atoms with E-state index in [1.54, 1.807) is 36.8 Å². The van der Waals surface area contributed by atoms with Gasteiger partial charge in [0.25, 0.3) is 0 Å². The van der Waals surface area contributed by atoms with Crippen LogP contribution < -0.4 is 0 Å². The number of benzene rings is 1. The fourth-order valence-electron chi connectivity index (χ4n) is 3.29. The minimum Gasteiger partial charge on any atom is -0.394 e. The number of rotatable bonds is 5. The molecule has 1 aliphatic rings. The van der Waals surface area contributed by atoms with Gasteiger partial charge in [0.15, 0.2) is 5.01 Å². The van der Waals surface area contributed by atoms with E-state index < -0.39 is 37.1 Å². The SMILES string of the molecule is OC[C@H]1O[C@@H](c2ccc(Cl)c(Cc3nnc(-c4cnccn4)s3)c2)[C@H](O)[C@@H](O)[C@@H]1O. The van der Waals surface area contributed by atoms with Crippen molar-refractivity contribution in [1.29, 1.82) is 0 Å². The van der Waals surface area contributed by atoms with Crippen LogP contribution >= 0.6 is 22.9 Å². The Labute approximate surface area is 180 Å². The number of aromatic nitrogens is 4. The van der Waals surface area contributed by atoms with Crippen LogP contribution in [0, 0.1) is 0 Å². The van der Waals surface area contributed by atoms with Crippen molar-refractivity contribution in [1.82, 2.24) is 20.2 Å². The van der Waals surface area contributed by atoms with Crippen molar-refractivity contribution < 1.29 is 25.2 Å². The number of nitrogens with zero attached hydrogens (tertiary/aromatic N) is 4. The molecule has 0 spiro atoms. The molecule has 11 heteroatoms. The summed E-state index contributed by atoms with van der Waals surface area (Å²) in [6.45, 7) is -0.488. The van der Waals surface area contributed by atoms with Crippen molar-refractivity contribution in [3.05, 3.63) is 57.9 Å². The van der Waals surface area contributed by atoms with Crippen LogP contribution in [0.2, 0.25) is 5.02 Å². The van der Waals surface area contributed by atoms with Crippen LogP contribution in [0.1, 0.15) is 22.2 Å². The second-order valence-corrected chi connectivity index (χ2v) is 8.34. The Bertz CT molecular complexity index is 1010. The molecule has 0 bridgehead atoms. The van der Waals surface area contributed by atoms with Crippen molar-refractivity contribution in [3.8, 4) is 10.7 Å². The highest BCUT2D eigenvalue weighted by Crippen LogP contribution is 2.34. The average Bonchev–Trinajstić information content (AvgIpc) is 3.23. The molecule has 3 aromatic rings. The molecule has 2 aromatic heterocycles. The average molecular weight is 451 g/mol. The largest absolute Gasteiger partial charge is 0.394 e. The van der Waals surface area contributed by atoms with E-state index in [-0.39, 0.29) is 0 Å². The summed E-state index contributed by atoms with van der Waals surface area (Å²) < 4.78 is 5.63. The van der Waals surface area contributed by atoms with Crippen LogP contribution in [-0.4, -0.2) is 71.6 Å². The molecule has 5 atom stereocenters. The predicted molar refractivity (Wildman–Crippen MR) is 108 cm³/mol. The van der Waals surface area contributed by atoms with E-state index in [1.165, 1.54) is 11.3 Å². The predicted octanol–water partition coefficient (Wildman–Crippen LogP) is 0.754. The number of halogens is 1. The lowest BCUT2D eigenvalue weighted by atomic mass is 9.90. The Morgan fingerprint density at radius 1 is 1.07 bits per heavy atom. The van der Waals surface area contributed by atoms with Crippen LogP contribution in [0.15, 0.2) is 36.8 Å². The van der Waals surface area contributed by atoms with Crippen LogP contribution in [0.3, 0.4) is 0 Å². The lowest BCUT2D eigenvalue weighted by molar-refractivity contribution is -0.231. The van der Waals surface area contributed by atoms with E-state index in [0.717, 1.165) is 5.56 Å². The lowest BCUT2D eigenvalue weighted by Crippen LogP contribution is -2.55. The van der Waals surface area contributed by atoms with E-state index in [0.29, 0.717) is 32.7 Å². The fraction of sp³-hybridized carbons (Fsp3) is 0.368. The first kappa shape index (κ1) is 21.2. The normalized spacial score (nSPS) is 26.6. The number of hydrogen-bond donors (Lipinski definition) is 4. The van der Waals surface area contributed by atoms with Gasteiger partial charge in [-0.2, -0.15) is 0 Å².